The van der Waals surface area contributed by atoms with Crippen molar-refractivity contribution in [1.29, 1.82) is 0 Å². The number of carbonyl (C=O) groups is 1. The fraction of sp³-hybridized carbons (Fsp3) is 0.467. The van der Waals surface area contributed by atoms with Gasteiger partial charge in [0.1, 0.15) is 12.0 Å². The van der Waals surface area contributed by atoms with Gasteiger partial charge in [0.2, 0.25) is 5.82 Å². The van der Waals surface area contributed by atoms with Gasteiger partial charge < -0.3 is 10.2 Å². The summed E-state index contributed by atoms with van der Waals surface area (Å²) in [6.07, 6.45) is 3.75. The molecule has 7 nitrogen and oxygen atoms in total. The van der Waals surface area contributed by atoms with Gasteiger partial charge in [-0.3, -0.25) is 9.89 Å². The van der Waals surface area contributed by atoms with Crippen LogP contribution in [0.25, 0.3) is 0 Å². The molecule has 1 saturated heterocycles. The molecule has 0 spiro atoms. The van der Waals surface area contributed by atoms with Gasteiger partial charge in [-0.1, -0.05) is 11.6 Å². The van der Waals surface area contributed by atoms with Crippen LogP contribution in [0.3, 0.4) is 0 Å². The largest absolute Gasteiger partial charge is 0.364 e. The van der Waals surface area contributed by atoms with E-state index in [1.807, 2.05) is 11.8 Å². The van der Waals surface area contributed by atoms with Crippen molar-refractivity contribution in [3.63, 3.8) is 0 Å². The maximum atomic E-state index is 13.9. The van der Waals surface area contributed by atoms with Crippen LogP contribution in [0.15, 0.2) is 12.5 Å². The second kappa shape index (κ2) is 5.70. The summed E-state index contributed by atoms with van der Waals surface area (Å²) in [6, 6.07) is 0.0798. The standard InChI is InChI=1S/C15H16ClFN6O/c1-7-3-20-22-12(7)15(24)23-4-8-2-10(9(8)5-23)21-14-11(17)13(16)18-6-19-14/h3,6,8-10H,2,4-5H2,1H3,(H,20,22)(H,18,19,21). The number of likely N-dealkylation sites (tertiary alicyclic amines) is 1. The molecule has 2 fully saturated rings. The maximum absolute atomic E-state index is 13.9. The average Bonchev–Trinajstić information content (AvgIpc) is 3.12. The molecule has 1 saturated carbocycles. The van der Waals surface area contributed by atoms with E-state index in [2.05, 4.69) is 25.5 Å². The van der Waals surface area contributed by atoms with Crippen LogP contribution in [0.2, 0.25) is 5.15 Å². The smallest absolute Gasteiger partial charge is 0.272 e. The van der Waals surface area contributed by atoms with Crippen LogP contribution in [0.4, 0.5) is 10.2 Å². The predicted molar refractivity (Wildman–Crippen MR) is 85.2 cm³/mol. The second-order valence-electron chi connectivity index (χ2n) is 6.38. The first kappa shape index (κ1) is 15.3. The van der Waals surface area contributed by atoms with E-state index in [1.165, 1.54) is 6.33 Å². The Bertz CT molecular complexity index is 796. The number of aromatic nitrogens is 4. The second-order valence-corrected chi connectivity index (χ2v) is 6.73. The molecule has 2 aromatic heterocycles. The lowest BCUT2D eigenvalue weighted by Gasteiger charge is -2.39. The molecule has 3 unspecified atom stereocenters. The van der Waals surface area contributed by atoms with Crippen molar-refractivity contribution >= 4 is 23.3 Å². The molecule has 0 aromatic carbocycles. The number of nitrogens with zero attached hydrogens (tertiary/aromatic N) is 4. The zero-order valence-corrected chi connectivity index (χ0v) is 13.7. The molecule has 4 rings (SSSR count). The predicted octanol–water partition coefficient (Wildman–Crippen LogP) is 1.87. The van der Waals surface area contributed by atoms with E-state index >= 15 is 0 Å². The van der Waals surface area contributed by atoms with Gasteiger partial charge in [0.25, 0.3) is 5.91 Å². The number of anilines is 1. The van der Waals surface area contributed by atoms with Crippen molar-refractivity contribution in [2.45, 2.75) is 19.4 Å². The monoisotopic (exact) mass is 350 g/mol. The Morgan fingerprint density at radius 2 is 2.29 bits per heavy atom. The van der Waals surface area contributed by atoms with Gasteiger partial charge in [-0.05, 0) is 24.8 Å². The van der Waals surface area contributed by atoms with Crippen LogP contribution in [0.1, 0.15) is 22.5 Å². The third-order valence-electron chi connectivity index (χ3n) is 4.96. The summed E-state index contributed by atoms with van der Waals surface area (Å²) in [4.78, 5) is 21.9. The number of aromatic amines is 1. The number of rotatable bonds is 3. The van der Waals surface area contributed by atoms with Gasteiger partial charge in [0, 0.05) is 25.0 Å². The summed E-state index contributed by atoms with van der Waals surface area (Å²) in [6.45, 7) is 3.21. The summed E-state index contributed by atoms with van der Waals surface area (Å²) in [7, 11) is 0. The molecule has 24 heavy (non-hydrogen) atoms. The van der Waals surface area contributed by atoms with Gasteiger partial charge in [-0.2, -0.15) is 9.49 Å². The fourth-order valence-corrected chi connectivity index (χ4v) is 3.72. The Balaban J connectivity index is 1.43. The molecule has 1 amide bonds. The molecule has 9 heteroatoms. The quantitative estimate of drug-likeness (QED) is 0.825. The van der Waals surface area contributed by atoms with Gasteiger partial charge in [-0.15, -0.1) is 0 Å². The molecule has 2 N–H and O–H groups in total. The summed E-state index contributed by atoms with van der Waals surface area (Å²) >= 11 is 5.68. The Labute approximate surface area is 142 Å². The third kappa shape index (κ3) is 2.41. The van der Waals surface area contributed by atoms with Gasteiger partial charge in [0.05, 0.1) is 6.20 Å². The number of nitrogens with one attached hydrogen (secondary N) is 2. The molecule has 1 aliphatic carbocycles. The van der Waals surface area contributed by atoms with Gasteiger partial charge in [0.15, 0.2) is 11.0 Å². The molecule has 126 valence electrons. The summed E-state index contributed by atoms with van der Waals surface area (Å²) < 4.78 is 13.9. The van der Waals surface area contributed by atoms with E-state index in [4.69, 9.17) is 11.6 Å². The summed E-state index contributed by atoms with van der Waals surface area (Å²) in [5, 5.41) is 9.56. The molecule has 0 radical (unpaired) electrons. The number of hydrogen-bond acceptors (Lipinski definition) is 5. The van der Waals surface area contributed by atoms with E-state index in [0.29, 0.717) is 24.7 Å². The average molecular weight is 351 g/mol. The number of carbonyl (C=O) groups excluding carboxylic acids is 1. The van der Waals surface area contributed by atoms with Crippen LogP contribution >= 0.6 is 11.6 Å². The fourth-order valence-electron chi connectivity index (χ4n) is 3.58. The Morgan fingerprint density at radius 3 is 3.04 bits per heavy atom. The van der Waals surface area contributed by atoms with Crippen LogP contribution in [0.5, 0.6) is 0 Å². The minimum atomic E-state index is -0.637. The SMILES string of the molecule is Cc1cn[nH]c1C(=O)N1CC2CC(Nc3ncnc(Cl)c3F)C2C1. The highest BCUT2D eigenvalue weighted by molar-refractivity contribution is 6.29. The Kier molecular flexibility index (Phi) is 3.64. The number of halogens is 2. The maximum Gasteiger partial charge on any atom is 0.272 e. The zero-order valence-electron chi connectivity index (χ0n) is 13.0. The summed E-state index contributed by atoms with van der Waals surface area (Å²) in [5.41, 5.74) is 1.38. The molecule has 2 aliphatic rings. The van der Waals surface area contributed by atoms with Crippen LogP contribution < -0.4 is 5.32 Å². The minimum absolute atomic E-state index is 0.0330. The highest BCUT2D eigenvalue weighted by Gasteiger charge is 2.48. The number of amides is 1. The highest BCUT2D eigenvalue weighted by atomic mass is 35.5. The molecule has 2 aromatic rings. The lowest BCUT2D eigenvalue weighted by Crippen LogP contribution is -2.46. The van der Waals surface area contributed by atoms with Crippen LogP contribution in [-0.2, 0) is 0 Å². The summed E-state index contributed by atoms with van der Waals surface area (Å²) in [5.74, 6) is 0.157. The molecule has 1 aliphatic heterocycles. The van der Waals surface area contributed by atoms with E-state index in [0.717, 1.165) is 12.0 Å². The number of H-pyrrole nitrogens is 1. The van der Waals surface area contributed by atoms with Crippen molar-refractivity contribution in [3.05, 3.63) is 34.8 Å². The Morgan fingerprint density at radius 1 is 1.46 bits per heavy atom. The molecule has 3 heterocycles. The van der Waals surface area contributed by atoms with E-state index in [-0.39, 0.29) is 28.8 Å². The zero-order chi connectivity index (χ0) is 16.8. The van der Waals surface area contributed by atoms with E-state index in [1.54, 1.807) is 6.20 Å². The molecular weight excluding hydrogens is 335 g/mol. The van der Waals surface area contributed by atoms with Crippen molar-refractivity contribution < 1.29 is 9.18 Å². The van der Waals surface area contributed by atoms with Crippen molar-refractivity contribution in [2.75, 3.05) is 18.4 Å². The highest BCUT2D eigenvalue weighted by Crippen LogP contribution is 2.43. The van der Waals surface area contributed by atoms with Crippen molar-refractivity contribution in [1.82, 2.24) is 25.1 Å². The van der Waals surface area contributed by atoms with E-state index < -0.39 is 5.82 Å². The van der Waals surface area contributed by atoms with Crippen LogP contribution in [-0.4, -0.2) is 50.1 Å². The number of hydrogen-bond donors (Lipinski definition) is 2. The lowest BCUT2D eigenvalue weighted by atomic mass is 9.71. The lowest BCUT2D eigenvalue weighted by molar-refractivity contribution is 0.0780. The van der Waals surface area contributed by atoms with Crippen molar-refractivity contribution in [3.8, 4) is 0 Å². The normalized spacial score (nSPS) is 25.3. The van der Waals surface area contributed by atoms with Gasteiger partial charge >= 0.3 is 0 Å². The van der Waals surface area contributed by atoms with Gasteiger partial charge in [-0.25, -0.2) is 9.97 Å². The Hall–Kier alpha value is -2.22. The van der Waals surface area contributed by atoms with E-state index in [9.17, 15) is 9.18 Å². The molecule has 0 bridgehead atoms. The number of aryl methyl sites for hydroxylation is 1. The van der Waals surface area contributed by atoms with Crippen molar-refractivity contribution in [2.24, 2.45) is 11.8 Å². The first-order valence-electron chi connectivity index (χ1n) is 7.76. The van der Waals surface area contributed by atoms with Crippen LogP contribution in [0, 0.1) is 24.6 Å². The third-order valence-corrected chi connectivity index (χ3v) is 5.23. The first-order valence-corrected chi connectivity index (χ1v) is 8.14. The molecular formula is C15H16ClFN6O. The number of fused-ring (bicyclic) bond motifs is 1. The molecule has 3 atom stereocenters. The first-order chi connectivity index (χ1) is 11.5. The topological polar surface area (TPSA) is 86.8 Å². The minimum Gasteiger partial charge on any atom is -0.364 e.